The average molecular weight is 658 g/mol. The van der Waals surface area contributed by atoms with Crippen molar-refractivity contribution in [2.75, 3.05) is 50.8 Å². The van der Waals surface area contributed by atoms with Gasteiger partial charge < -0.3 is 19.3 Å². The normalized spacial score (nSPS) is 23.4. The Hall–Kier alpha value is -3.82. The molecule has 1 atom stereocenters. The Kier molecular flexibility index (Phi) is 9.03. The number of hydrogen-bond acceptors (Lipinski definition) is 7. The highest BCUT2D eigenvalue weighted by atomic mass is 35.5. The highest BCUT2D eigenvalue weighted by Crippen LogP contribution is 2.44. The Morgan fingerprint density at radius 2 is 1.72 bits per heavy atom. The second-order valence-electron chi connectivity index (χ2n) is 13.7. The first-order valence-electron chi connectivity index (χ1n) is 16.9. The number of carbonyl (C=O) groups is 2. The van der Waals surface area contributed by atoms with Crippen LogP contribution < -0.4 is 19.3 Å². The topological polar surface area (TPSA) is 78.5 Å². The van der Waals surface area contributed by atoms with E-state index in [-0.39, 0.29) is 30.4 Å². The number of likely N-dealkylation sites (N-methyl/N-ethyl adjacent to an activating group) is 1. The van der Waals surface area contributed by atoms with Crippen molar-refractivity contribution in [2.24, 2.45) is 5.92 Å². The van der Waals surface area contributed by atoms with Gasteiger partial charge in [0.1, 0.15) is 5.82 Å². The quantitative estimate of drug-likeness (QED) is 0.276. The largest absolute Gasteiger partial charge is 0.493 e. The van der Waals surface area contributed by atoms with Crippen molar-refractivity contribution in [3.05, 3.63) is 76.4 Å². The molecule has 2 amide bonds. The molecule has 0 bridgehead atoms. The van der Waals surface area contributed by atoms with E-state index in [1.165, 1.54) is 6.42 Å². The summed E-state index contributed by atoms with van der Waals surface area (Å²) >= 11 is 6.29. The summed E-state index contributed by atoms with van der Waals surface area (Å²) in [6, 6.07) is 15.9. The van der Waals surface area contributed by atoms with Gasteiger partial charge in [-0.05, 0) is 104 Å². The summed E-state index contributed by atoms with van der Waals surface area (Å²) in [5.41, 5.74) is 3.67. The van der Waals surface area contributed by atoms with Crippen LogP contribution in [-0.4, -0.2) is 79.7 Å². The highest BCUT2D eigenvalue weighted by molar-refractivity contribution is 6.30. The second-order valence-corrected chi connectivity index (χ2v) is 14.1. The predicted molar refractivity (Wildman–Crippen MR) is 183 cm³/mol. The number of anilines is 2. The molecule has 10 heteroatoms. The second kappa shape index (κ2) is 13.4. The lowest BCUT2D eigenvalue weighted by Crippen LogP contribution is -2.41. The van der Waals surface area contributed by atoms with Crippen LogP contribution in [0.15, 0.2) is 54.7 Å². The molecule has 2 aromatic carbocycles. The number of fused-ring (bicyclic) bond motifs is 1. The maximum Gasteiger partial charge on any atom is 0.237 e. The van der Waals surface area contributed by atoms with Crippen LogP contribution in [0.1, 0.15) is 67.7 Å². The van der Waals surface area contributed by atoms with Gasteiger partial charge in [0.15, 0.2) is 11.5 Å². The molecule has 0 radical (unpaired) electrons. The Bertz CT molecular complexity index is 1600. The van der Waals surface area contributed by atoms with Crippen LogP contribution in [0.25, 0.3) is 0 Å². The van der Waals surface area contributed by atoms with Crippen LogP contribution in [0.4, 0.5) is 11.5 Å². The number of hydrogen-bond donors (Lipinski definition) is 0. The van der Waals surface area contributed by atoms with Gasteiger partial charge in [0.25, 0.3) is 0 Å². The van der Waals surface area contributed by atoms with Crippen molar-refractivity contribution in [2.45, 2.75) is 69.6 Å². The summed E-state index contributed by atoms with van der Waals surface area (Å²) < 4.78 is 12.1. The Balaban J connectivity index is 1.10. The number of methoxy groups -OCH3 is 1. The molecule has 0 unspecified atom stereocenters. The molecule has 1 saturated heterocycles. The zero-order valence-electron chi connectivity index (χ0n) is 27.5. The lowest BCUT2D eigenvalue weighted by atomic mass is 9.85. The SMILES string of the molecule is COc1cc2c(cc1OC1CCC1)[C@H](c1ccc(Cl)cc1)N(c1ccc(N(C)CC3CCC(N4CC(=O)N(C)C4)CC3)nc1)C(=O)C2. The summed E-state index contributed by atoms with van der Waals surface area (Å²) in [5, 5.41) is 0.646. The molecule has 2 aliphatic heterocycles. The predicted octanol–water partition coefficient (Wildman–Crippen LogP) is 6.08. The van der Waals surface area contributed by atoms with Gasteiger partial charge in [0.05, 0.1) is 50.8 Å². The van der Waals surface area contributed by atoms with Crippen LogP contribution in [0, 0.1) is 5.92 Å². The van der Waals surface area contributed by atoms with E-state index in [2.05, 4.69) is 22.9 Å². The fourth-order valence-corrected chi connectivity index (χ4v) is 7.73. The number of nitrogens with zero attached hydrogens (tertiary/aromatic N) is 5. The van der Waals surface area contributed by atoms with E-state index in [1.807, 2.05) is 65.5 Å². The van der Waals surface area contributed by atoms with Crippen LogP contribution in [-0.2, 0) is 16.0 Å². The van der Waals surface area contributed by atoms with Crippen LogP contribution >= 0.6 is 11.6 Å². The van der Waals surface area contributed by atoms with Gasteiger partial charge in [0.2, 0.25) is 11.8 Å². The Labute approximate surface area is 282 Å². The van der Waals surface area contributed by atoms with E-state index in [0.717, 1.165) is 85.7 Å². The summed E-state index contributed by atoms with van der Waals surface area (Å²) in [4.78, 5) is 39.1. The summed E-state index contributed by atoms with van der Waals surface area (Å²) in [5.74, 6) is 3.06. The average Bonchev–Trinajstić information content (AvgIpc) is 3.40. The third-order valence-corrected chi connectivity index (χ3v) is 10.8. The molecule has 2 saturated carbocycles. The molecule has 4 aliphatic rings. The van der Waals surface area contributed by atoms with Crippen molar-refractivity contribution in [3.8, 4) is 11.5 Å². The number of amides is 2. The first-order valence-corrected chi connectivity index (χ1v) is 17.3. The van der Waals surface area contributed by atoms with Gasteiger partial charge in [-0.3, -0.25) is 19.4 Å². The van der Waals surface area contributed by atoms with Crippen molar-refractivity contribution >= 4 is 34.9 Å². The molecule has 248 valence electrons. The monoisotopic (exact) mass is 657 g/mol. The molecule has 47 heavy (non-hydrogen) atoms. The maximum absolute atomic E-state index is 13.9. The number of benzene rings is 2. The molecule has 7 rings (SSSR count). The van der Waals surface area contributed by atoms with Crippen molar-refractivity contribution in [1.82, 2.24) is 14.8 Å². The van der Waals surface area contributed by atoms with E-state index in [1.54, 1.807) is 7.11 Å². The molecule has 1 aromatic heterocycles. The molecule has 0 N–H and O–H groups in total. The molecule has 3 heterocycles. The molecule has 2 aliphatic carbocycles. The molecular formula is C37H44ClN5O4. The van der Waals surface area contributed by atoms with Gasteiger partial charge in [-0.25, -0.2) is 4.98 Å². The van der Waals surface area contributed by atoms with Gasteiger partial charge in [0, 0.05) is 31.7 Å². The lowest BCUT2D eigenvalue weighted by Gasteiger charge is -2.38. The number of pyridine rings is 1. The summed E-state index contributed by atoms with van der Waals surface area (Å²) in [6.45, 7) is 2.22. The number of carbonyl (C=O) groups excluding carboxylic acids is 2. The van der Waals surface area contributed by atoms with E-state index >= 15 is 0 Å². The standard InChI is InChI=1S/C37H44ClN5O4/c1-40(21-24-7-13-28(14-8-24)42-22-36(45)41(2)23-42)34-16-15-29(20-39-34)43-35(44)18-26-17-32(46-3)33(47-30-5-4-6-30)19-31(26)37(43)25-9-11-27(38)12-10-25/h9-12,15-17,19-20,24,28,30,37H,4-8,13-14,18,21-23H2,1-3H3/t24?,28?,37-/m0/s1. The number of halogens is 1. The van der Waals surface area contributed by atoms with Gasteiger partial charge in [-0.2, -0.15) is 0 Å². The number of rotatable bonds is 9. The van der Waals surface area contributed by atoms with Crippen LogP contribution in [0.3, 0.4) is 0 Å². The van der Waals surface area contributed by atoms with Crippen molar-refractivity contribution in [1.29, 1.82) is 0 Å². The lowest BCUT2D eigenvalue weighted by molar-refractivity contribution is -0.125. The minimum atomic E-state index is -0.371. The minimum Gasteiger partial charge on any atom is -0.493 e. The van der Waals surface area contributed by atoms with E-state index < -0.39 is 0 Å². The maximum atomic E-state index is 13.9. The highest BCUT2D eigenvalue weighted by Gasteiger charge is 2.37. The van der Waals surface area contributed by atoms with Crippen LogP contribution in [0.5, 0.6) is 11.5 Å². The van der Waals surface area contributed by atoms with Gasteiger partial charge in [-0.1, -0.05) is 23.7 Å². The van der Waals surface area contributed by atoms with Gasteiger partial charge in [-0.15, -0.1) is 0 Å². The smallest absolute Gasteiger partial charge is 0.237 e. The van der Waals surface area contributed by atoms with E-state index in [0.29, 0.717) is 29.3 Å². The Morgan fingerprint density at radius 3 is 2.34 bits per heavy atom. The fraction of sp³-hybridized carbons (Fsp3) is 0.486. The first kappa shape index (κ1) is 31.8. The minimum absolute atomic E-state index is 0.00211. The number of ether oxygens (including phenoxy) is 2. The zero-order valence-corrected chi connectivity index (χ0v) is 28.3. The zero-order chi connectivity index (χ0) is 32.7. The first-order chi connectivity index (χ1) is 22.8. The molecular weight excluding hydrogens is 614 g/mol. The molecule has 3 aromatic rings. The van der Waals surface area contributed by atoms with Crippen molar-refractivity contribution < 1.29 is 19.1 Å². The fourth-order valence-electron chi connectivity index (χ4n) is 7.60. The molecule has 0 spiro atoms. The molecule has 3 fully saturated rings. The summed E-state index contributed by atoms with van der Waals surface area (Å²) in [6.07, 6.45) is 10.1. The molecule has 9 nitrogen and oxygen atoms in total. The summed E-state index contributed by atoms with van der Waals surface area (Å²) in [7, 11) is 5.63. The van der Waals surface area contributed by atoms with E-state index in [9.17, 15) is 9.59 Å². The van der Waals surface area contributed by atoms with E-state index in [4.69, 9.17) is 26.1 Å². The third-order valence-electron chi connectivity index (χ3n) is 10.5. The Morgan fingerprint density at radius 1 is 0.957 bits per heavy atom. The van der Waals surface area contributed by atoms with Gasteiger partial charge >= 0.3 is 0 Å². The third kappa shape index (κ3) is 6.52. The van der Waals surface area contributed by atoms with Crippen molar-refractivity contribution in [3.63, 3.8) is 0 Å². The number of aromatic nitrogens is 1. The van der Waals surface area contributed by atoms with Crippen LogP contribution in [0.2, 0.25) is 5.02 Å².